The van der Waals surface area contributed by atoms with Crippen LogP contribution >= 0.6 is 0 Å². The van der Waals surface area contributed by atoms with Gasteiger partial charge in [-0.3, -0.25) is 4.72 Å². The summed E-state index contributed by atoms with van der Waals surface area (Å²) < 4.78 is 25.5. The molecule has 0 fully saturated rings. The van der Waals surface area contributed by atoms with Crippen molar-refractivity contribution in [3.8, 4) is 5.75 Å². The van der Waals surface area contributed by atoms with Gasteiger partial charge in [0.15, 0.2) is 0 Å². The molecule has 0 atom stereocenters. The van der Waals surface area contributed by atoms with Crippen LogP contribution in [0.3, 0.4) is 0 Å². The largest absolute Gasteiger partial charge is 0.508 e. The molecule has 29 heavy (non-hydrogen) atoms. The van der Waals surface area contributed by atoms with Crippen LogP contribution in [0.15, 0.2) is 72.5 Å². The number of fused-ring (bicyclic) bond motifs is 2. The number of benzene rings is 3. The average molecular weight is 404 g/mol. The zero-order valence-corrected chi connectivity index (χ0v) is 16.8. The number of aryl methyl sites for hydroxylation is 2. The predicted octanol–water partition coefficient (Wildman–Crippen LogP) is 4.61. The van der Waals surface area contributed by atoms with E-state index in [0.717, 1.165) is 46.9 Å². The van der Waals surface area contributed by atoms with Crippen LogP contribution in [-0.2, 0) is 22.9 Å². The fourth-order valence-corrected chi connectivity index (χ4v) is 4.20. The van der Waals surface area contributed by atoms with Crippen LogP contribution in [0.1, 0.15) is 27.8 Å². The van der Waals surface area contributed by atoms with Crippen molar-refractivity contribution >= 4 is 27.4 Å². The van der Waals surface area contributed by atoms with Gasteiger partial charge in [0.2, 0.25) is 10.0 Å². The molecular formula is C24H21NO3S. The third-order valence-corrected chi connectivity index (χ3v) is 5.49. The summed E-state index contributed by atoms with van der Waals surface area (Å²) in [6, 6.07) is 20.9. The van der Waals surface area contributed by atoms with Crippen LogP contribution in [0.25, 0.3) is 11.6 Å². The monoisotopic (exact) mass is 403 g/mol. The Morgan fingerprint density at radius 3 is 2.52 bits per heavy atom. The second kappa shape index (κ2) is 7.63. The summed E-state index contributed by atoms with van der Waals surface area (Å²) in [5.74, 6) is 0.262. The molecule has 5 heteroatoms. The van der Waals surface area contributed by atoms with Crippen LogP contribution in [0.4, 0.5) is 5.69 Å². The van der Waals surface area contributed by atoms with E-state index in [1.165, 1.54) is 5.56 Å². The molecule has 0 aromatic heterocycles. The van der Waals surface area contributed by atoms with Crippen molar-refractivity contribution in [3.63, 3.8) is 0 Å². The van der Waals surface area contributed by atoms with Gasteiger partial charge in [-0.15, -0.1) is 5.73 Å². The van der Waals surface area contributed by atoms with Gasteiger partial charge < -0.3 is 5.11 Å². The Balaban J connectivity index is 1.85. The summed E-state index contributed by atoms with van der Waals surface area (Å²) in [4.78, 5) is 0. The second-order valence-electron chi connectivity index (χ2n) is 7.16. The van der Waals surface area contributed by atoms with Gasteiger partial charge in [0.25, 0.3) is 0 Å². The summed E-state index contributed by atoms with van der Waals surface area (Å²) in [6.45, 7) is 0. The second-order valence-corrected chi connectivity index (χ2v) is 8.91. The fourth-order valence-electron chi connectivity index (χ4n) is 3.64. The first-order valence-electron chi connectivity index (χ1n) is 9.34. The minimum absolute atomic E-state index is 0.262. The van der Waals surface area contributed by atoms with Gasteiger partial charge >= 0.3 is 0 Å². The molecule has 3 aromatic carbocycles. The lowest BCUT2D eigenvalue weighted by molar-refractivity contribution is 0.474. The molecule has 4 nitrogen and oxygen atoms in total. The Labute approximate surface area is 170 Å². The van der Waals surface area contributed by atoms with Crippen molar-refractivity contribution in [2.75, 3.05) is 11.0 Å². The van der Waals surface area contributed by atoms with E-state index >= 15 is 0 Å². The van der Waals surface area contributed by atoms with Crippen molar-refractivity contribution < 1.29 is 13.5 Å². The quantitative estimate of drug-likeness (QED) is 0.628. The van der Waals surface area contributed by atoms with Gasteiger partial charge in [0.1, 0.15) is 5.75 Å². The number of sulfonamides is 1. The van der Waals surface area contributed by atoms with Crippen LogP contribution in [0.2, 0.25) is 0 Å². The van der Waals surface area contributed by atoms with E-state index in [0.29, 0.717) is 5.69 Å². The fraction of sp³-hybridized carbons (Fsp3) is 0.125. The maximum atomic E-state index is 11.5. The Bertz CT molecular complexity index is 1250. The summed E-state index contributed by atoms with van der Waals surface area (Å²) in [5, 5.41) is 9.92. The maximum absolute atomic E-state index is 11.5. The highest BCUT2D eigenvalue weighted by molar-refractivity contribution is 7.92. The maximum Gasteiger partial charge on any atom is 0.229 e. The molecule has 0 aliphatic heterocycles. The topological polar surface area (TPSA) is 66.4 Å². The van der Waals surface area contributed by atoms with Crippen molar-refractivity contribution in [1.29, 1.82) is 0 Å². The number of rotatable bonds is 3. The van der Waals surface area contributed by atoms with E-state index in [-0.39, 0.29) is 5.75 Å². The van der Waals surface area contributed by atoms with Gasteiger partial charge in [0, 0.05) is 11.3 Å². The van der Waals surface area contributed by atoms with E-state index in [1.54, 1.807) is 24.3 Å². The molecular weight excluding hydrogens is 382 g/mol. The Morgan fingerprint density at radius 2 is 1.69 bits per heavy atom. The first kappa shape index (κ1) is 19.1. The third kappa shape index (κ3) is 4.43. The highest BCUT2D eigenvalue weighted by Gasteiger charge is 2.18. The molecule has 0 bridgehead atoms. The zero-order chi connectivity index (χ0) is 20.4. The molecule has 0 saturated heterocycles. The third-order valence-electron chi connectivity index (χ3n) is 4.88. The summed E-state index contributed by atoms with van der Waals surface area (Å²) >= 11 is 0. The number of phenolic OH excluding ortho intramolecular Hbond substituents is 1. The number of phenols is 1. The average Bonchev–Trinajstić information content (AvgIpc) is 2.82. The van der Waals surface area contributed by atoms with Crippen molar-refractivity contribution in [1.82, 2.24) is 0 Å². The highest BCUT2D eigenvalue weighted by atomic mass is 32.2. The van der Waals surface area contributed by atoms with E-state index in [9.17, 15) is 13.5 Å². The molecule has 3 aromatic rings. The minimum atomic E-state index is -3.33. The van der Waals surface area contributed by atoms with E-state index in [2.05, 4.69) is 22.6 Å². The lowest BCUT2D eigenvalue weighted by atomic mass is 9.94. The molecule has 4 rings (SSSR count). The minimum Gasteiger partial charge on any atom is -0.508 e. The van der Waals surface area contributed by atoms with Gasteiger partial charge in [-0.2, -0.15) is 0 Å². The van der Waals surface area contributed by atoms with Crippen molar-refractivity contribution in [2.24, 2.45) is 0 Å². The SMILES string of the molecule is CS(=O)(=O)Nc1cccc(C=C=C2c3ccccc3CCc3cc(O)ccc32)c1. The highest BCUT2D eigenvalue weighted by Crippen LogP contribution is 2.34. The molecule has 0 heterocycles. The number of nitrogens with one attached hydrogen (secondary N) is 1. The molecule has 0 spiro atoms. The van der Waals surface area contributed by atoms with Gasteiger partial charge in [0.05, 0.1) is 6.26 Å². The van der Waals surface area contributed by atoms with Crippen LogP contribution in [0, 0.1) is 0 Å². The van der Waals surface area contributed by atoms with Crippen LogP contribution < -0.4 is 4.72 Å². The van der Waals surface area contributed by atoms with Gasteiger partial charge in [-0.05, 0) is 77.1 Å². The molecule has 146 valence electrons. The Morgan fingerprint density at radius 1 is 0.931 bits per heavy atom. The van der Waals surface area contributed by atoms with Gasteiger partial charge in [-0.25, -0.2) is 8.42 Å². The Kier molecular flexibility index (Phi) is 5.01. The zero-order valence-electron chi connectivity index (χ0n) is 16.0. The molecule has 2 N–H and O–H groups in total. The summed E-state index contributed by atoms with van der Waals surface area (Å²) in [7, 11) is -3.33. The molecule has 0 radical (unpaired) electrons. The standard InChI is InChI=1S/C24H21NO3S/c1-29(27,28)25-20-7-4-5-17(15-20)9-13-24-22-8-3-2-6-18(22)10-11-19-16-21(26)12-14-23(19)24/h2-9,12,14-16,25-26H,10-11H2,1H3. The first-order chi connectivity index (χ1) is 13.9. The van der Waals surface area contributed by atoms with E-state index in [1.807, 2.05) is 36.4 Å². The van der Waals surface area contributed by atoms with Crippen molar-refractivity contribution in [2.45, 2.75) is 12.8 Å². The first-order valence-corrected chi connectivity index (χ1v) is 11.2. The number of hydrogen-bond acceptors (Lipinski definition) is 3. The summed E-state index contributed by atoms with van der Waals surface area (Å²) in [6.07, 6.45) is 4.74. The van der Waals surface area contributed by atoms with Crippen molar-refractivity contribution in [3.05, 3.63) is 100 Å². The number of aromatic hydroxyl groups is 1. The smallest absolute Gasteiger partial charge is 0.229 e. The molecule has 0 unspecified atom stereocenters. The molecule has 0 saturated carbocycles. The summed E-state index contributed by atoms with van der Waals surface area (Å²) in [5.41, 5.74) is 10.3. The molecule has 1 aliphatic carbocycles. The molecule has 0 amide bonds. The van der Waals surface area contributed by atoms with Crippen LogP contribution in [-0.4, -0.2) is 19.8 Å². The number of anilines is 1. The van der Waals surface area contributed by atoms with Gasteiger partial charge in [-0.1, -0.05) is 36.4 Å². The normalized spacial score (nSPS) is 12.9. The number of hydrogen-bond donors (Lipinski definition) is 2. The van der Waals surface area contributed by atoms with E-state index < -0.39 is 10.0 Å². The lowest BCUT2D eigenvalue weighted by Gasteiger charge is -2.10. The Hall–Kier alpha value is -3.27. The predicted molar refractivity (Wildman–Crippen MR) is 117 cm³/mol. The van der Waals surface area contributed by atoms with Crippen LogP contribution in [0.5, 0.6) is 5.75 Å². The van der Waals surface area contributed by atoms with E-state index in [4.69, 9.17) is 0 Å². The lowest BCUT2D eigenvalue weighted by Crippen LogP contribution is -2.09. The molecule has 1 aliphatic rings.